The van der Waals surface area contributed by atoms with Gasteiger partial charge in [-0.1, -0.05) is 52.6 Å². The zero-order chi connectivity index (χ0) is 17.9. The Kier molecular flexibility index (Phi) is 6.57. The maximum Gasteiger partial charge on any atom is 0.237 e. The van der Waals surface area contributed by atoms with E-state index in [1.807, 2.05) is 11.5 Å². The molecule has 0 fully saturated rings. The van der Waals surface area contributed by atoms with Gasteiger partial charge in [0.2, 0.25) is 5.91 Å². The molecule has 2 aromatic rings. The molecule has 1 amide bonds. The molecule has 5 nitrogen and oxygen atoms in total. The van der Waals surface area contributed by atoms with Crippen molar-refractivity contribution in [2.45, 2.75) is 30.8 Å². The van der Waals surface area contributed by atoms with Crippen LogP contribution in [0, 0.1) is 6.92 Å². The molecule has 0 saturated heterocycles. The fraction of sp³-hybridized carbons (Fsp3) is 0.267. The van der Waals surface area contributed by atoms with Crippen LogP contribution in [0.4, 0.5) is 5.69 Å². The Morgan fingerprint density at radius 3 is 2.58 bits per heavy atom. The lowest BCUT2D eigenvalue weighted by Crippen LogP contribution is -2.23. The number of hydrogen-bond donors (Lipinski definition) is 1. The average Bonchev–Trinajstić information content (AvgIpc) is 2.84. The summed E-state index contributed by atoms with van der Waals surface area (Å²) in [5.41, 5.74) is 0.337. The van der Waals surface area contributed by atoms with Crippen LogP contribution in [0.25, 0.3) is 0 Å². The van der Waals surface area contributed by atoms with E-state index in [0.717, 1.165) is 5.82 Å². The van der Waals surface area contributed by atoms with Gasteiger partial charge in [-0.25, -0.2) is 0 Å². The number of aryl methyl sites for hydroxylation is 1. The summed E-state index contributed by atoms with van der Waals surface area (Å²) < 4.78 is 1.88. The number of amides is 1. The first kappa shape index (κ1) is 19.1. The molecule has 1 atom stereocenters. The Bertz CT molecular complexity index is 755. The molecule has 0 aliphatic carbocycles. The molecule has 0 radical (unpaired) electrons. The van der Waals surface area contributed by atoms with Crippen molar-refractivity contribution in [2.24, 2.45) is 0 Å². The first-order chi connectivity index (χ1) is 11.3. The van der Waals surface area contributed by atoms with Crippen LogP contribution >= 0.6 is 46.6 Å². The Balaban J connectivity index is 2.12. The summed E-state index contributed by atoms with van der Waals surface area (Å²) in [5.74, 6) is 0.505. The van der Waals surface area contributed by atoms with Gasteiger partial charge < -0.3 is 9.88 Å². The van der Waals surface area contributed by atoms with E-state index in [2.05, 4.69) is 22.1 Å². The lowest BCUT2D eigenvalue weighted by atomic mass is 10.3. The molecule has 2 rings (SSSR count). The average molecular weight is 406 g/mol. The van der Waals surface area contributed by atoms with Crippen molar-refractivity contribution in [1.82, 2.24) is 14.8 Å². The zero-order valence-corrected chi connectivity index (χ0v) is 16.1. The van der Waals surface area contributed by atoms with E-state index in [9.17, 15) is 4.79 Å². The van der Waals surface area contributed by atoms with Crippen LogP contribution in [0.2, 0.25) is 15.1 Å². The van der Waals surface area contributed by atoms with Crippen molar-refractivity contribution in [1.29, 1.82) is 0 Å². The lowest BCUT2D eigenvalue weighted by Gasteiger charge is -2.14. The van der Waals surface area contributed by atoms with Gasteiger partial charge in [-0.05, 0) is 26.0 Å². The number of rotatable bonds is 6. The van der Waals surface area contributed by atoms with Crippen molar-refractivity contribution in [3.63, 3.8) is 0 Å². The van der Waals surface area contributed by atoms with Crippen LogP contribution in [-0.2, 0) is 11.3 Å². The van der Waals surface area contributed by atoms with Gasteiger partial charge >= 0.3 is 0 Å². The molecule has 0 bridgehead atoms. The zero-order valence-electron chi connectivity index (χ0n) is 13.0. The van der Waals surface area contributed by atoms with Crippen LogP contribution in [0.1, 0.15) is 12.7 Å². The summed E-state index contributed by atoms with van der Waals surface area (Å²) in [4.78, 5) is 12.4. The number of allylic oxidation sites excluding steroid dienone is 1. The van der Waals surface area contributed by atoms with E-state index in [-0.39, 0.29) is 16.0 Å². The van der Waals surface area contributed by atoms with Crippen LogP contribution in [0.5, 0.6) is 0 Å². The molecule has 0 aliphatic heterocycles. The monoisotopic (exact) mass is 404 g/mol. The van der Waals surface area contributed by atoms with E-state index >= 15 is 0 Å². The standard InChI is InChI=1S/C15H15Cl3N4OS/c1-4-5-22-9(3)20-21-15(22)24-8(2)14(23)19-13-11(17)6-10(16)7-12(13)18/h4,6-8H,1,5H2,2-3H3,(H,19,23). The van der Waals surface area contributed by atoms with Gasteiger partial charge in [0.15, 0.2) is 5.16 Å². The molecular weight excluding hydrogens is 391 g/mol. The van der Waals surface area contributed by atoms with Crippen LogP contribution in [-0.4, -0.2) is 25.9 Å². The normalized spacial score (nSPS) is 12.0. The molecule has 1 N–H and O–H groups in total. The quantitative estimate of drug-likeness (QED) is 0.551. The molecular formula is C15H15Cl3N4OS. The highest BCUT2D eigenvalue weighted by Crippen LogP contribution is 2.34. The molecule has 0 spiro atoms. The Hall–Kier alpha value is -1.21. The van der Waals surface area contributed by atoms with E-state index < -0.39 is 5.25 Å². The predicted molar refractivity (Wildman–Crippen MR) is 100 cm³/mol. The highest BCUT2D eigenvalue weighted by Gasteiger charge is 2.21. The second-order valence-electron chi connectivity index (χ2n) is 4.92. The summed E-state index contributed by atoms with van der Waals surface area (Å²) in [6, 6.07) is 3.04. The van der Waals surface area contributed by atoms with Gasteiger partial charge in [-0.2, -0.15) is 0 Å². The van der Waals surface area contributed by atoms with Crippen molar-refractivity contribution in [2.75, 3.05) is 5.32 Å². The number of carbonyl (C=O) groups excluding carboxylic acids is 1. The van der Waals surface area contributed by atoms with Gasteiger partial charge in [-0.15, -0.1) is 16.8 Å². The van der Waals surface area contributed by atoms with Crippen molar-refractivity contribution in [3.8, 4) is 0 Å². The second kappa shape index (κ2) is 8.25. The largest absolute Gasteiger partial charge is 0.323 e. The Morgan fingerprint density at radius 1 is 1.38 bits per heavy atom. The molecule has 0 saturated carbocycles. The maximum absolute atomic E-state index is 12.4. The summed E-state index contributed by atoms with van der Waals surface area (Å²) in [6.07, 6.45) is 1.75. The number of thioether (sulfide) groups is 1. The van der Waals surface area contributed by atoms with Gasteiger partial charge in [0.05, 0.1) is 21.0 Å². The van der Waals surface area contributed by atoms with E-state index in [0.29, 0.717) is 22.4 Å². The smallest absolute Gasteiger partial charge is 0.237 e. The number of anilines is 1. The van der Waals surface area contributed by atoms with Gasteiger partial charge in [0.25, 0.3) is 0 Å². The number of nitrogens with zero attached hydrogens (tertiary/aromatic N) is 3. The Labute approximate surface area is 159 Å². The fourth-order valence-corrected chi connectivity index (χ4v) is 3.70. The van der Waals surface area contributed by atoms with Crippen LogP contribution < -0.4 is 5.32 Å². The number of benzene rings is 1. The minimum absolute atomic E-state index is 0.253. The first-order valence-electron chi connectivity index (χ1n) is 6.96. The summed E-state index contributed by atoms with van der Waals surface area (Å²) in [5, 5.41) is 12.0. The first-order valence-corrected chi connectivity index (χ1v) is 8.97. The summed E-state index contributed by atoms with van der Waals surface area (Å²) in [6.45, 7) is 7.89. The molecule has 1 unspecified atom stereocenters. The maximum atomic E-state index is 12.4. The molecule has 24 heavy (non-hydrogen) atoms. The number of aromatic nitrogens is 3. The highest BCUT2D eigenvalue weighted by molar-refractivity contribution is 8.00. The molecule has 1 aromatic carbocycles. The minimum Gasteiger partial charge on any atom is -0.323 e. The predicted octanol–water partition coefficient (Wildman–Crippen LogP) is 4.85. The molecule has 1 aromatic heterocycles. The van der Waals surface area contributed by atoms with Gasteiger partial charge in [0, 0.05) is 11.6 Å². The third kappa shape index (κ3) is 4.45. The SMILES string of the molecule is C=CCn1c(C)nnc1SC(C)C(=O)Nc1c(Cl)cc(Cl)cc1Cl. The third-order valence-corrected chi connectivity index (χ3v) is 5.01. The molecule has 0 aliphatic rings. The fourth-order valence-electron chi connectivity index (χ4n) is 1.89. The second-order valence-corrected chi connectivity index (χ2v) is 7.48. The van der Waals surface area contributed by atoms with Crippen molar-refractivity contribution in [3.05, 3.63) is 45.7 Å². The van der Waals surface area contributed by atoms with Crippen LogP contribution in [0.15, 0.2) is 29.9 Å². The number of carbonyl (C=O) groups is 1. The minimum atomic E-state index is -0.431. The molecule has 9 heteroatoms. The van der Waals surface area contributed by atoms with E-state index in [1.165, 1.54) is 23.9 Å². The molecule has 128 valence electrons. The highest BCUT2D eigenvalue weighted by atomic mass is 35.5. The number of halogens is 3. The number of hydrogen-bond acceptors (Lipinski definition) is 4. The van der Waals surface area contributed by atoms with Gasteiger partial charge in [0.1, 0.15) is 5.82 Å². The van der Waals surface area contributed by atoms with E-state index in [4.69, 9.17) is 34.8 Å². The number of nitrogens with one attached hydrogen (secondary N) is 1. The van der Waals surface area contributed by atoms with Crippen molar-refractivity contribution >= 4 is 58.2 Å². The summed E-state index contributed by atoms with van der Waals surface area (Å²) in [7, 11) is 0. The van der Waals surface area contributed by atoms with Crippen LogP contribution in [0.3, 0.4) is 0 Å². The third-order valence-electron chi connectivity index (χ3n) is 3.12. The lowest BCUT2D eigenvalue weighted by molar-refractivity contribution is -0.115. The Morgan fingerprint density at radius 2 is 2.00 bits per heavy atom. The van der Waals surface area contributed by atoms with E-state index in [1.54, 1.807) is 13.0 Å². The molecule has 1 heterocycles. The van der Waals surface area contributed by atoms with Gasteiger partial charge in [-0.3, -0.25) is 4.79 Å². The summed E-state index contributed by atoms with van der Waals surface area (Å²) >= 11 is 19.3. The topological polar surface area (TPSA) is 59.8 Å². The van der Waals surface area contributed by atoms with Crippen molar-refractivity contribution < 1.29 is 4.79 Å².